The zero-order chi connectivity index (χ0) is 16.1. The minimum atomic E-state index is -3.36. The molecular formula is C15H20N4O3S. The van der Waals surface area contributed by atoms with Crippen molar-refractivity contribution in [3.05, 3.63) is 42.6 Å². The first-order valence-electron chi connectivity index (χ1n) is 7.65. The molecule has 1 fully saturated rings. The van der Waals surface area contributed by atoms with Crippen molar-refractivity contribution in [2.75, 3.05) is 12.4 Å². The molecule has 1 saturated heterocycles. The quantitative estimate of drug-likeness (QED) is 0.858. The molecule has 0 bridgehead atoms. The molecule has 0 aromatic carbocycles. The minimum absolute atomic E-state index is 0.0203. The predicted molar refractivity (Wildman–Crippen MR) is 85.6 cm³/mol. The number of nitrogens with one attached hydrogen (secondary N) is 1. The van der Waals surface area contributed by atoms with Gasteiger partial charge in [-0.3, -0.25) is 4.57 Å². The van der Waals surface area contributed by atoms with Crippen molar-refractivity contribution in [2.45, 2.75) is 31.9 Å². The Morgan fingerprint density at radius 3 is 3.00 bits per heavy atom. The normalized spacial score (nSPS) is 18.9. The molecule has 1 aliphatic rings. The van der Waals surface area contributed by atoms with E-state index in [2.05, 4.69) is 14.7 Å². The van der Waals surface area contributed by atoms with Crippen LogP contribution in [0, 0.1) is 0 Å². The summed E-state index contributed by atoms with van der Waals surface area (Å²) in [5.41, 5.74) is 0.844. The van der Waals surface area contributed by atoms with Gasteiger partial charge in [-0.05, 0) is 37.0 Å². The monoisotopic (exact) mass is 336 g/mol. The molecule has 3 heterocycles. The van der Waals surface area contributed by atoms with E-state index < -0.39 is 10.0 Å². The number of aromatic nitrogens is 3. The molecule has 2 aromatic heterocycles. The second-order valence-electron chi connectivity index (χ2n) is 5.58. The first-order chi connectivity index (χ1) is 11.1. The van der Waals surface area contributed by atoms with Gasteiger partial charge in [0.2, 0.25) is 10.0 Å². The Labute approximate surface area is 135 Å². The first kappa shape index (κ1) is 16.1. The summed E-state index contributed by atoms with van der Waals surface area (Å²) in [6, 6.07) is 3.63. The van der Waals surface area contributed by atoms with Gasteiger partial charge in [0.25, 0.3) is 0 Å². The summed E-state index contributed by atoms with van der Waals surface area (Å²) in [6.07, 6.45) is 9.41. The highest BCUT2D eigenvalue weighted by atomic mass is 32.2. The van der Waals surface area contributed by atoms with E-state index in [1.807, 2.05) is 6.07 Å². The van der Waals surface area contributed by atoms with Crippen LogP contribution >= 0.6 is 0 Å². The van der Waals surface area contributed by atoms with Gasteiger partial charge < -0.3 is 4.74 Å². The molecule has 23 heavy (non-hydrogen) atoms. The molecule has 3 rings (SSSR count). The van der Waals surface area contributed by atoms with Crippen LogP contribution in [0.3, 0.4) is 0 Å². The van der Waals surface area contributed by atoms with Crippen LogP contribution in [0.1, 0.15) is 24.8 Å². The van der Waals surface area contributed by atoms with Crippen molar-refractivity contribution < 1.29 is 13.2 Å². The minimum Gasteiger partial charge on any atom is -0.377 e. The highest BCUT2D eigenvalue weighted by molar-refractivity contribution is 7.89. The number of hydrogen-bond donors (Lipinski definition) is 1. The Hall–Kier alpha value is -1.77. The van der Waals surface area contributed by atoms with Crippen molar-refractivity contribution in [3.63, 3.8) is 0 Å². The van der Waals surface area contributed by atoms with Gasteiger partial charge in [-0.25, -0.2) is 23.1 Å². The average Bonchev–Trinajstić information content (AvgIpc) is 3.08. The zero-order valence-electron chi connectivity index (χ0n) is 12.8. The molecule has 1 unspecified atom stereocenters. The van der Waals surface area contributed by atoms with Gasteiger partial charge in [-0.1, -0.05) is 0 Å². The molecule has 124 valence electrons. The molecule has 0 aliphatic carbocycles. The smallest absolute Gasteiger partial charge is 0.214 e. The summed E-state index contributed by atoms with van der Waals surface area (Å²) in [6.45, 7) is 0.887. The van der Waals surface area contributed by atoms with E-state index >= 15 is 0 Å². The summed E-state index contributed by atoms with van der Waals surface area (Å²) < 4.78 is 34.2. The van der Waals surface area contributed by atoms with Gasteiger partial charge in [0, 0.05) is 31.7 Å². The van der Waals surface area contributed by atoms with Gasteiger partial charge in [-0.2, -0.15) is 0 Å². The fourth-order valence-corrected chi connectivity index (χ4v) is 3.80. The maximum atomic E-state index is 12.2. The molecule has 0 saturated carbocycles. The van der Waals surface area contributed by atoms with Crippen LogP contribution in [-0.4, -0.2) is 41.4 Å². The Kier molecular flexibility index (Phi) is 5.04. The van der Waals surface area contributed by atoms with Crippen LogP contribution in [-0.2, 0) is 21.3 Å². The SMILES string of the molecule is O=S(=O)(CC1CCCCO1)NCc1ccnc(-n2ccnc2)c1. The fraction of sp³-hybridized carbons (Fsp3) is 0.467. The van der Waals surface area contributed by atoms with Crippen LogP contribution in [0.5, 0.6) is 0 Å². The number of pyridine rings is 1. The van der Waals surface area contributed by atoms with E-state index in [9.17, 15) is 8.42 Å². The number of imidazole rings is 1. The highest BCUT2D eigenvalue weighted by Crippen LogP contribution is 2.14. The summed E-state index contributed by atoms with van der Waals surface area (Å²) in [4.78, 5) is 8.22. The Balaban J connectivity index is 1.60. The lowest BCUT2D eigenvalue weighted by Gasteiger charge is -2.22. The van der Waals surface area contributed by atoms with E-state index in [4.69, 9.17) is 4.74 Å². The van der Waals surface area contributed by atoms with Crippen LogP contribution in [0.25, 0.3) is 5.82 Å². The molecular weight excluding hydrogens is 316 g/mol. The number of nitrogens with zero attached hydrogens (tertiary/aromatic N) is 3. The van der Waals surface area contributed by atoms with Crippen LogP contribution in [0.4, 0.5) is 0 Å². The summed E-state index contributed by atoms with van der Waals surface area (Å²) in [7, 11) is -3.36. The largest absolute Gasteiger partial charge is 0.377 e. The number of rotatable bonds is 6. The van der Waals surface area contributed by atoms with E-state index in [0.717, 1.165) is 24.8 Å². The molecule has 1 atom stereocenters. The fourth-order valence-electron chi connectivity index (χ4n) is 2.54. The number of hydrogen-bond acceptors (Lipinski definition) is 5. The molecule has 0 radical (unpaired) electrons. The van der Waals surface area contributed by atoms with Gasteiger partial charge in [-0.15, -0.1) is 0 Å². The van der Waals surface area contributed by atoms with Gasteiger partial charge in [0.05, 0.1) is 11.9 Å². The maximum absolute atomic E-state index is 12.2. The summed E-state index contributed by atoms with van der Waals surface area (Å²) in [5, 5.41) is 0. The van der Waals surface area contributed by atoms with Gasteiger partial charge in [0.15, 0.2) is 0 Å². The third-order valence-electron chi connectivity index (χ3n) is 3.75. The second kappa shape index (κ2) is 7.20. The number of ether oxygens (including phenoxy) is 1. The topological polar surface area (TPSA) is 86.1 Å². The average molecular weight is 336 g/mol. The van der Waals surface area contributed by atoms with Crippen LogP contribution < -0.4 is 4.72 Å². The van der Waals surface area contributed by atoms with Crippen molar-refractivity contribution >= 4 is 10.0 Å². The Bertz CT molecular complexity index is 725. The third kappa shape index (κ3) is 4.60. The lowest BCUT2D eigenvalue weighted by molar-refractivity contribution is 0.0304. The standard InChI is InChI=1S/C15H20N4O3S/c20-23(21,11-14-3-1-2-8-22-14)18-10-13-4-5-17-15(9-13)19-7-6-16-12-19/h4-7,9,12,14,18H,1-3,8,10-11H2. The number of sulfonamides is 1. The predicted octanol–water partition coefficient (Wildman–Crippen LogP) is 1.26. The molecule has 2 aromatic rings. The zero-order valence-corrected chi connectivity index (χ0v) is 13.6. The first-order valence-corrected chi connectivity index (χ1v) is 9.30. The van der Waals surface area contributed by atoms with Crippen LogP contribution in [0.15, 0.2) is 37.1 Å². The lowest BCUT2D eigenvalue weighted by Crippen LogP contribution is -2.34. The van der Waals surface area contributed by atoms with Crippen molar-refractivity contribution in [3.8, 4) is 5.82 Å². The van der Waals surface area contributed by atoms with Gasteiger partial charge >= 0.3 is 0 Å². The van der Waals surface area contributed by atoms with Crippen molar-refractivity contribution in [1.29, 1.82) is 0 Å². The molecule has 7 nitrogen and oxygen atoms in total. The third-order valence-corrected chi connectivity index (χ3v) is 5.15. The Morgan fingerprint density at radius 2 is 2.26 bits per heavy atom. The molecule has 0 spiro atoms. The molecule has 1 N–H and O–H groups in total. The second-order valence-corrected chi connectivity index (χ2v) is 7.43. The van der Waals surface area contributed by atoms with Gasteiger partial charge in [0.1, 0.15) is 12.1 Å². The van der Waals surface area contributed by atoms with E-state index in [0.29, 0.717) is 12.4 Å². The van der Waals surface area contributed by atoms with E-state index in [1.54, 1.807) is 35.6 Å². The Morgan fingerprint density at radius 1 is 1.35 bits per heavy atom. The lowest BCUT2D eigenvalue weighted by atomic mass is 10.1. The molecule has 1 aliphatic heterocycles. The maximum Gasteiger partial charge on any atom is 0.214 e. The van der Waals surface area contributed by atoms with Crippen molar-refractivity contribution in [1.82, 2.24) is 19.3 Å². The summed E-state index contributed by atoms with van der Waals surface area (Å²) >= 11 is 0. The van der Waals surface area contributed by atoms with Crippen molar-refractivity contribution in [2.24, 2.45) is 0 Å². The van der Waals surface area contributed by atoms with E-state index in [-0.39, 0.29) is 18.4 Å². The molecule has 8 heteroatoms. The van der Waals surface area contributed by atoms with E-state index in [1.165, 1.54) is 0 Å². The molecule has 0 amide bonds. The summed E-state index contributed by atoms with van der Waals surface area (Å²) in [5.74, 6) is 0.724. The van der Waals surface area contributed by atoms with Crippen LogP contribution in [0.2, 0.25) is 0 Å². The highest BCUT2D eigenvalue weighted by Gasteiger charge is 2.21.